The monoisotopic (exact) mass is 303 g/mol. The lowest BCUT2D eigenvalue weighted by Gasteiger charge is -2.25. The Balaban J connectivity index is 2.71. The van der Waals surface area contributed by atoms with E-state index < -0.39 is 36.9 Å². The molecule has 116 valence electrons. The third kappa shape index (κ3) is 5.85. The molecule has 0 radical (unpaired) electrons. The van der Waals surface area contributed by atoms with Gasteiger partial charge < -0.3 is 10.0 Å². The molecule has 4 nitrogen and oxygen atoms in total. The minimum atomic E-state index is -4.44. The van der Waals surface area contributed by atoms with E-state index in [0.29, 0.717) is 5.56 Å². The number of amides is 1. The molecule has 0 heterocycles. The van der Waals surface area contributed by atoms with E-state index in [4.69, 9.17) is 5.11 Å². The number of nitrogens with zero attached hydrogens (tertiary/aromatic N) is 1. The van der Waals surface area contributed by atoms with Crippen molar-refractivity contribution in [2.45, 2.75) is 31.5 Å². The molecule has 0 saturated carbocycles. The van der Waals surface area contributed by atoms with Crippen LogP contribution in [0, 0.1) is 0 Å². The molecule has 1 rings (SSSR count). The molecule has 0 spiro atoms. The number of alkyl halides is 3. The summed E-state index contributed by atoms with van der Waals surface area (Å²) in [6.07, 6.45) is -6.40. The van der Waals surface area contributed by atoms with E-state index in [1.165, 1.54) is 7.05 Å². The molecule has 0 aromatic heterocycles. The minimum absolute atomic E-state index is 0.0461. The van der Waals surface area contributed by atoms with Crippen LogP contribution in [-0.2, 0) is 16.0 Å². The van der Waals surface area contributed by atoms with Crippen LogP contribution in [0.3, 0.4) is 0 Å². The number of carbonyl (C=O) groups excluding carboxylic acids is 1. The molecular formula is C14H16F3NO3. The summed E-state index contributed by atoms with van der Waals surface area (Å²) in [6.45, 7) is 0. The Morgan fingerprint density at radius 1 is 1.24 bits per heavy atom. The van der Waals surface area contributed by atoms with Crippen molar-refractivity contribution < 1.29 is 27.9 Å². The van der Waals surface area contributed by atoms with Crippen LogP contribution in [-0.4, -0.2) is 41.1 Å². The molecule has 1 unspecified atom stereocenters. The second-order valence-corrected chi connectivity index (χ2v) is 4.66. The molecule has 1 N–H and O–H groups in total. The highest BCUT2D eigenvalue weighted by molar-refractivity contribution is 5.83. The summed E-state index contributed by atoms with van der Waals surface area (Å²) in [5, 5.41) is 9.17. The highest BCUT2D eigenvalue weighted by Crippen LogP contribution is 2.22. The van der Waals surface area contributed by atoms with Crippen molar-refractivity contribution in [2.24, 2.45) is 0 Å². The molecule has 0 bridgehead atoms. The molecule has 1 amide bonds. The Hall–Kier alpha value is -2.05. The van der Waals surface area contributed by atoms with Crippen molar-refractivity contribution >= 4 is 11.9 Å². The maximum absolute atomic E-state index is 12.1. The molecule has 0 aliphatic carbocycles. The summed E-state index contributed by atoms with van der Waals surface area (Å²) in [5.74, 6) is -2.09. The number of rotatable bonds is 6. The zero-order chi connectivity index (χ0) is 16.0. The smallest absolute Gasteiger partial charge is 0.389 e. The zero-order valence-electron chi connectivity index (χ0n) is 11.4. The van der Waals surface area contributed by atoms with Crippen LogP contribution >= 0.6 is 0 Å². The van der Waals surface area contributed by atoms with Crippen molar-refractivity contribution in [1.82, 2.24) is 4.90 Å². The fourth-order valence-corrected chi connectivity index (χ4v) is 1.83. The van der Waals surface area contributed by atoms with Gasteiger partial charge in [0, 0.05) is 19.9 Å². The van der Waals surface area contributed by atoms with Crippen LogP contribution in [0.5, 0.6) is 0 Å². The van der Waals surface area contributed by atoms with Gasteiger partial charge in [-0.05, 0) is 5.56 Å². The molecule has 0 saturated heterocycles. The van der Waals surface area contributed by atoms with E-state index in [-0.39, 0.29) is 6.42 Å². The first-order chi connectivity index (χ1) is 9.70. The highest BCUT2D eigenvalue weighted by Gasteiger charge is 2.31. The summed E-state index contributed by atoms with van der Waals surface area (Å²) in [6, 6.07) is 7.42. The maximum Gasteiger partial charge on any atom is 0.389 e. The van der Waals surface area contributed by atoms with Gasteiger partial charge in [0.1, 0.15) is 6.04 Å². The Morgan fingerprint density at radius 2 is 1.81 bits per heavy atom. The molecule has 0 fully saturated rings. The number of aliphatic carboxylic acids is 1. The molecule has 0 aliphatic rings. The Bertz CT molecular complexity index is 488. The normalized spacial score (nSPS) is 12.8. The summed E-state index contributed by atoms with van der Waals surface area (Å²) >= 11 is 0. The van der Waals surface area contributed by atoms with Crippen molar-refractivity contribution in [3.8, 4) is 0 Å². The predicted octanol–water partition coefficient (Wildman–Crippen LogP) is 2.48. The van der Waals surface area contributed by atoms with Gasteiger partial charge in [0.25, 0.3) is 0 Å². The Labute approximate surface area is 120 Å². The SMILES string of the molecule is CN(C(=O)CCC(F)(F)F)C(Cc1ccccc1)C(=O)O. The third-order valence-electron chi connectivity index (χ3n) is 3.04. The maximum atomic E-state index is 12.1. The molecule has 1 aromatic carbocycles. The molecule has 7 heteroatoms. The summed E-state index contributed by atoms with van der Waals surface area (Å²) in [5.41, 5.74) is 0.695. The van der Waals surface area contributed by atoms with Gasteiger partial charge in [0.05, 0.1) is 6.42 Å². The summed E-state index contributed by atoms with van der Waals surface area (Å²) in [7, 11) is 1.21. The lowest BCUT2D eigenvalue weighted by Crippen LogP contribution is -2.44. The van der Waals surface area contributed by atoms with Crippen molar-refractivity contribution in [1.29, 1.82) is 0 Å². The van der Waals surface area contributed by atoms with E-state index in [9.17, 15) is 22.8 Å². The molecule has 1 aromatic rings. The Kier molecular flexibility index (Phi) is 5.75. The third-order valence-corrected chi connectivity index (χ3v) is 3.04. The van der Waals surface area contributed by atoms with Gasteiger partial charge in [-0.3, -0.25) is 4.79 Å². The van der Waals surface area contributed by atoms with Gasteiger partial charge >= 0.3 is 12.1 Å². The first kappa shape index (κ1) is 17.0. The van der Waals surface area contributed by atoms with Crippen molar-refractivity contribution in [2.75, 3.05) is 7.05 Å². The summed E-state index contributed by atoms with van der Waals surface area (Å²) in [4.78, 5) is 23.8. The van der Waals surface area contributed by atoms with Gasteiger partial charge in [0.2, 0.25) is 5.91 Å². The van der Waals surface area contributed by atoms with E-state index in [1.54, 1.807) is 30.3 Å². The number of halogens is 3. The van der Waals surface area contributed by atoms with Crippen molar-refractivity contribution in [3.63, 3.8) is 0 Å². The fraction of sp³-hybridized carbons (Fsp3) is 0.429. The number of benzene rings is 1. The molecule has 21 heavy (non-hydrogen) atoms. The lowest BCUT2D eigenvalue weighted by molar-refractivity contribution is -0.154. The van der Waals surface area contributed by atoms with Crippen LogP contribution in [0.1, 0.15) is 18.4 Å². The fourth-order valence-electron chi connectivity index (χ4n) is 1.83. The number of carbonyl (C=O) groups is 2. The molecule has 0 aliphatic heterocycles. The van der Waals surface area contributed by atoms with Gasteiger partial charge in [-0.25, -0.2) is 4.79 Å². The first-order valence-corrected chi connectivity index (χ1v) is 6.30. The number of carboxylic acid groups (broad SMARTS) is 1. The zero-order valence-corrected chi connectivity index (χ0v) is 11.4. The highest BCUT2D eigenvalue weighted by atomic mass is 19.4. The predicted molar refractivity (Wildman–Crippen MR) is 69.6 cm³/mol. The second-order valence-electron chi connectivity index (χ2n) is 4.66. The van der Waals surface area contributed by atoms with E-state index in [1.807, 2.05) is 0 Å². The first-order valence-electron chi connectivity index (χ1n) is 6.30. The van der Waals surface area contributed by atoms with Gasteiger partial charge in [0.15, 0.2) is 0 Å². The number of carboxylic acids is 1. The minimum Gasteiger partial charge on any atom is -0.480 e. The van der Waals surface area contributed by atoms with Gasteiger partial charge in [-0.2, -0.15) is 13.2 Å². The average molecular weight is 303 g/mol. The number of hydrogen-bond donors (Lipinski definition) is 1. The summed E-state index contributed by atoms with van der Waals surface area (Å²) < 4.78 is 36.3. The average Bonchev–Trinajstić information content (AvgIpc) is 2.41. The van der Waals surface area contributed by atoms with Crippen LogP contribution < -0.4 is 0 Å². The number of hydrogen-bond acceptors (Lipinski definition) is 2. The lowest BCUT2D eigenvalue weighted by atomic mass is 10.0. The van der Waals surface area contributed by atoms with Gasteiger partial charge in [-0.15, -0.1) is 0 Å². The molecule has 1 atom stereocenters. The van der Waals surface area contributed by atoms with Crippen LogP contribution in [0.15, 0.2) is 30.3 Å². The number of likely N-dealkylation sites (N-methyl/N-ethyl adjacent to an activating group) is 1. The largest absolute Gasteiger partial charge is 0.480 e. The van der Waals surface area contributed by atoms with E-state index in [0.717, 1.165) is 4.90 Å². The van der Waals surface area contributed by atoms with E-state index in [2.05, 4.69) is 0 Å². The standard InChI is InChI=1S/C14H16F3NO3/c1-18(12(19)7-8-14(15,16)17)11(13(20)21)9-10-5-3-2-4-6-10/h2-6,11H,7-9H2,1H3,(H,20,21). The second kappa shape index (κ2) is 7.10. The Morgan fingerprint density at radius 3 is 2.29 bits per heavy atom. The molecular weight excluding hydrogens is 287 g/mol. The quantitative estimate of drug-likeness (QED) is 0.878. The van der Waals surface area contributed by atoms with E-state index >= 15 is 0 Å². The van der Waals surface area contributed by atoms with Crippen LogP contribution in [0.2, 0.25) is 0 Å². The van der Waals surface area contributed by atoms with Gasteiger partial charge in [-0.1, -0.05) is 30.3 Å². The van der Waals surface area contributed by atoms with Crippen LogP contribution in [0.25, 0.3) is 0 Å². The topological polar surface area (TPSA) is 57.6 Å². The van der Waals surface area contributed by atoms with Crippen molar-refractivity contribution in [3.05, 3.63) is 35.9 Å². The van der Waals surface area contributed by atoms with Crippen LogP contribution in [0.4, 0.5) is 13.2 Å².